The first kappa shape index (κ1) is 26.7. The monoisotopic (exact) mass is 592 g/mol. The van der Waals surface area contributed by atoms with Crippen LogP contribution in [0.3, 0.4) is 0 Å². The summed E-state index contributed by atoms with van der Waals surface area (Å²) in [5, 5.41) is 1.96. The Balaban J connectivity index is 1.18. The lowest BCUT2D eigenvalue weighted by atomic mass is 10.1. The van der Waals surface area contributed by atoms with E-state index in [1.54, 1.807) is 18.4 Å². The third-order valence-corrected chi connectivity index (χ3v) is 9.33. The van der Waals surface area contributed by atoms with Gasteiger partial charge in [-0.15, -0.1) is 11.3 Å². The molecule has 0 aliphatic carbocycles. The summed E-state index contributed by atoms with van der Waals surface area (Å²) < 4.78 is 8.75. The average Bonchev–Trinajstić information content (AvgIpc) is 3.63. The molecule has 1 saturated heterocycles. The van der Waals surface area contributed by atoms with Gasteiger partial charge in [-0.25, -0.2) is 4.98 Å². The highest BCUT2D eigenvalue weighted by Gasteiger charge is 2.25. The lowest BCUT2D eigenvalue weighted by molar-refractivity contribution is 0.0627. The van der Waals surface area contributed by atoms with Gasteiger partial charge in [0.2, 0.25) is 0 Å². The lowest BCUT2D eigenvalue weighted by Crippen LogP contribution is -2.48. The highest BCUT2D eigenvalue weighted by molar-refractivity contribution is 7.22. The molecule has 1 fully saturated rings. The van der Waals surface area contributed by atoms with Crippen LogP contribution in [0.4, 0.5) is 0 Å². The molecule has 0 saturated carbocycles. The fourth-order valence-corrected chi connectivity index (χ4v) is 6.77. The molecule has 8 heteroatoms. The Kier molecular flexibility index (Phi) is 7.15. The zero-order chi connectivity index (χ0) is 28.6. The van der Waals surface area contributed by atoms with Crippen molar-refractivity contribution < 1.29 is 9.53 Å². The van der Waals surface area contributed by atoms with E-state index in [9.17, 15) is 4.79 Å². The maximum atomic E-state index is 13.1. The summed E-state index contributed by atoms with van der Waals surface area (Å²) >= 11 is 8.03. The van der Waals surface area contributed by atoms with Crippen LogP contribution >= 0.6 is 22.9 Å². The summed E-state index contributed by atoms with van der Waals surface area (Å²) in [4.78, 5) is 23.8. The molecule has 0 bridgehead atoms. The third-order valence-electron chi connectivity index (χ3n) is 7.92. The predicted molar refractivity (Wildman–Crippen MR) is 171 cm³/mol. The highest BCUT2D eigenvalue weighted by Crippen LogP contribution is 2.35. The van der Waals surface area contributed by atoms with Crippen LogP contribution in [0.2, 0.25) is 5.02 Å². The van der Waals surface area contributed by atoms with E-state index in [1.165, 1.54) is 20.5 Å². The molecule has 1 amide bonds. The number of carbonyl (C=O) groups excluding carboxylic acids is 1. The Morgan fingerprint density at radius 1 is 0.905 bits per heavy atom. The minimum absolute atomic E-state index is 0.0573. The predicted octanol–water partition coefficient (Wildman–Crippen LogP) is 7.50. The summed E-state index contributed by atoms with van der Waals surface area (Å²) in [6.45, 7) is 3.63. The number of amides is 1. The van der Waals surface area contributed by atoms with Crippen molar-refractivity contribution in [3.63, 3.8) is 0 Å². The molecule has 7 rings (SSSR count). The van der Waals surface area contributed by atoms with Gasteiger partial charge < -0.3 is 14.0 Å². The number of rotatable bonds is 6. The van der Waals surface area contributed by atoms with Gasteiger partial charge in [0, 0.05) is 70.2 Å². The van der Waals surface area contributed by atoms with E-state index >= 15 is 0 Å². The Morgan fingerprint density at radius 2 is 1.64 bits per heavy atom. The van der Waals surface area contributed by atoms with Crippen molar-refractivity contribution in [3.05, 3.63) is 113 Å². The van der Waals surface area contributed by atoms with E-state index < -0.39 is 0 Å². The first-order valence-corrected chi connectivity index (χ1v) is 15.2. The standard InChI is InChI=1S/C34H29ClN4O2S/c1-41-28-13-8-24(9-14-28)34(40)38-18-16-37(17-19-38)22-29-33(23-6-11-27(35)12-7-23)36-32-15-10-26(21-39(29)32)31-20-25-4-2-3-5-30(25)42-31/h2-15,20-21H,16-19,22H2,1H3. The van der Waals surface area contributed by atoms with Gasteiger partial charge in [0.25, 0.3) is 5.91 Å². The number of ether oxygens (including phenoxy) is 1. The fraction of sp³-hybridized carbons (Fsp3) is 0.176. The molecule has 6 aromatic rings. The van der Waals surface area contributed by atoms with Crippen LogP contribution in [0.25, 0.3) is 37.4 Å². The van der Waals surface area contributed by atoms with Crippen molar-refractivity contribution in [2.75, 3.05) is 33.3 Å². The van der Waals surface area contributed by atoms with Crippen LogP contribution < -0.4 is 4.74 Å². The zero-order valence-corrected chi connectivity index (χ0v) is 24.7. The Labute approximate surface area is 253 Å². The van der Waals surface area contributed by atoms with E-state index in [1.807, 2.05) is 53.4 Å². The van der Waals surface area contributed by atoms with E-state index in [0.29, 0.717) is 23.7 Å². The first-order chi connectivity index (χ1) is 20.6. The molecule has 0 radical (unpaired) electrons. The molecule has 42 heavy (non-hydrogen) atoms. The van der Waals surface area contributed by atoms with Crippen LogP contribution in [0.5, 0.6) is 5.75 Å². The van der Waals surface area contributed by atoms with Crippen molar-refractivity contribution in [1.82, 2.24) is 19.2 Å². The minimum Gasteiger partial charge on any atom is -0.497 e. The molecule has 1 aliphatic rings. The van der Waals surface area contributed by atoms with Crippen molar-refractivity contribution >= 4 is 44.6 Å². The molecule has 4 heterocycles. The number of pyridine rings is 1. The van der Waals surface area contributed by atoms with E-state index in [2.05, 4.69) is 58.0 Å². The maximum absolute atomic E-state index is 13.1. The van der Waals surface area contributed by atoms with Crippen LogP contribution in [-0.2, 0) is 6.54 Å². The second-order valence-corrected chi connectivity index (χ2v) is 12.0. The van der Waals surface area contributed by atoms with Crippen molar-refractivity contribution in [2.45, 2.75) is 6.54 Å². The van der Waals surface area contributed by atoms with Crippen LogP contribution in [0.15, 0.2) is 97.2 Å². The molecular weight excluding hydrogens is 564 g/mol. The number of hydrogen-bond acceptors (Lipinski definition) is 5. The second kappa shape index (κ2) is 11.2. The van der Waals surface area contributed by atoms with Crippen molar-refractivity contribution in [2.24, 2.45) is 0 Å². The third kappa shape index (κ3) is 5.15. The molecule has 3 aromatic carbocycles. The van der Waals surface area contributed by atoms with E-state index in [4.69, 9.17) is 21.3 Å². The Hall–Kier alpha value is -4.17. The van der Waals surface area contributed by atoms with E-state index in [-0.39, 0.29) is 5.91 Å². The molecule has 0 unspecified atom stereocenters. The number of benzene rings is 3. The summed E-state index contributed by atoms with van der Waals surface area (Å²) in [5.41, 5.74) is 5.88. The quantitative estimate of drug-likeness (QED) is 0.201. The van der Waals surface area contributed by atoms with Gasteiger partial charge >= 0.3 is 0 Å². The number of hydrogen-bond donors (Lipinski definition) is 0. The average molecular weight is 593 g/mol. The van der Waals surface area contributed by atoms with E-state index in [0.717, 1.165) is 48.0 Å². The van der Waals surface area contributed by atoms with Gasteiger partial charge in [0.1, 0.15) is 11.4 Å². The second-order valence-electron chi connectivity index (χ2n) is 10.5. The molecular formula is C34H29ClN4O2S. The number of halogens is 1. The summed E-state index contributed by atoms with van der Waals surface area (Å²) in [6, 6.07) is 30.2. The smallest absolute Gasteiger partial charge is 0.253 e. The number of fused-ring (bicyclic) bond motifs is 2. The van der Waals surface area contributed by atoms with Crippen LogP contribution in [-0.4, -0.2) is 58.4 Å². The van der Waals surface area contributed by atoms with Gasteiger partial charge in [-0.3, -0.25) is 9.69 Å². The topological polar surface area (TPSA) is 50.1 Å². The molecule has 0 N–H and O–H groups in total. The Morgan fingerprint density at radius 3 is 2.38 bits per heavy atom. The lowest BCUT2D eigenvalue weighted by Gasteiger charge is -2.34. The molecule has 1 aliphatic heterocycles. The SMILES string of the molecule is COc1ccc(C(=O)N2CCN(Cc3c(-c4ccc(Cl)cc4)nc4ccc(-c5cc6ccccc6s5)cn34)CC2)cc1. The van der Waals surface area contributed by atoms with Gasteiger partial charge in [-0.2, -0.15) is 0 Å². The maximum Gasteiger partial charge on any atom is 0.253 e. The zero-order valence-electron chi connectivity index (χ0n) is 23.2. The molecule has 6 nitrogen and oxygen atoms in total. The van der Waals surface area contributed by atoms with Gasteiger partial charge in [0.05, 0.1) is 18.5 Å². The van der Waals surface area contributed by atoms with Gasteiger partial charge in [0.15, 0.2) is 0 Å². The Bertz CT molecular complexity index is 1850. The minimum atomic E-state index is 0.0573. The number of aromatic nitrogens is 2. The fourth-order valence-electron chi connectivity index (χ4n) is 5.59. The number of methoxy groups -OCH3 is 1. The normalized spacial score (nSPS) is 14.1. The summed E-state index contributed by atoms with van der Waals surface area (Å²) in [7, 11) is 1.63. The van der Waals surface area contributed by atoms with Crippen molar-refractivity contribution in [3.8, 4) is 27.4 Å². The summed E-state index contributed by atoms with van der Waals surface area (Å²) in [6.07, 6.45) is 2.21. The highest BCUT2D eigenvalue weighted by atomic mass is 35.5. The van der Waals surface area contributed by atoms with Crippen LogP contribution in [0, 0.1) is 0 Å². The first-order valence-electron chi connectivity index (χ1n) is 14.0. The summed E-state index contributed by atoms with van der Waals surface area (Å²) in [5.74, 6) is 0.804. The molecule has 3 aromatic heterocycles. The molecule has 210 valence electrons. The van der Waals surface area contributed by atoms with Gasteiger partial charge in [-0.05, 0) is 66.0 Å². The number of piperazine rings is 1. The van der Waals surface area contributed by atoms with Crippen molar-refractivity contribution in [1.29, 1.82) is 0 Å². The molecule has 0 spiro atoms. The number of nitrogens with zero attached hydrogens (tertiary/aromatic N) is 4. The molecule has 0 atom stereocenters. The number of imidazole rings is 1. The number of carbonyl (C=O) groups is 1. The number of thiophene rings is 1. The van der Waals surface area contributed by atoms with Crippen LogP contribution in [0.1, 0.15) is 16.1 Å². The van der Waals surface area contributed by atoms with Gasteiger partial charge in [-0.1, -0.05) is 41.9 Å². The largest absolute Gasteiger partial charge is 0.497 e.